The molecule has 2 heterocycles. The fourth-order valence-corrected chi connectivity index (χ4v) is 3.48. The number of amidine groups is 1. The summed E-state index contributed by atoms with van der Waals surface area (Å²) in [5.74, 6) is -2.20. The number of nitrogens with two attached hydrogens (primary N) is 1. The van der Waals surface area contributed by atoms with Gasteiger partial charge in [-0.2, -0.15) is 4.68 Å². The summed E-state index contributed by atoms with van der Waals surface area (Å²) in [7, 11) is 1.36. The first-order chi connectivity index (χ1) is 17.8. The van der Waals surface area contributed by atoms with Crippen LogP contribution in [0.5, 0.6) is 11.5 Å². The number of benzene rings is 2. The van der Waals surface area contributed by atoms with Gasteiger partial charge < -0.3 is 25.6 Å². The molecule has 4 aromatic rings. The van der Waals surface area contributed by atoms with Crippen LogP contribution in [0.2, 0.25) is 0 Å². The maximum atomic E-state index is 15.7. The van der Waals surface area contributed by atoms with E-state index < -0.39 is 30.1 Å². The number of halogens is 1. The highest BCUT2D eigenvalue weighted by molar-refractivity contribution is 5.95. The van der Waals surface area contributed by atoms with Gasteiger partial charge in [0, 0.05) is 29.1 Å². The van der Waals surface area contributed by atoms with Crippen molar-refractivity contribution in [2.45, 2.75) is 6.04 Å². The summed E-state index contributed by atoms with van der Waals surface area (Å²) >= 11 is 0. The number of nitrogen functional groups attached to an aromatic ring is 1. The number of H-pyrrole nitrogens is 1. The maximum Gasteiger partial charge on any atom is 0.349 e. The molecular formula is C24H22FN7O5. The first kappa shape index (κ1) is 24.9. The molecule has 37 heavy (non-hydrogen) atoms. The number of hydrogen-bond donors (Lipinski definition) is 5. The Labute approximate surface area is 209 Å². The monoisotopic (exact) mass is 507 g/mol. The minimum atomic E-state index is -1.29. The van der Waals surface area contributed by atoms with Crippen LogP contribution in [-0.4, -0.2) is 50.4 Å². The number of methoxy groups -OCH3 is 1. The molecule has 13 heteroatoms. The van der Waals surface area contributed by atoms with Crippen LogP contribution in [0.4, 0.5) is 10.1 Å². The van der Waals surface area contributed by atoms with Crippen molar-refractivity contribution in [3.63, 3.8) is 0 Å². The number of rotatable bonds is 10. The zero-order chi connectivity index (χ0) is 26.5. The van der Waals surface area contributed by atoms with Gasteiger partial charge in [0.05, 0.1) is 7.11 Å². The number of carbonyl (C=O) groups is 1. The van der Waals surface area contributed by atoms with Gasteiger partial charge in [-0.15, -0.1) is 5.10 Å². The molecule has 2 aromatic heterocycles. The van der Waals surface area contributed by atoms with Crippen molar-refractivity contribution < 1.29 is 23.8 Å². The lowest BCUT2D eigenvalue weighted by atomic mass is 10.0. The van der Waals surface area contributed by atoms with Crippen molar-refractivity contribution in [1.82, 2.24) is 19.7 Å². The lowest BCUT2D eigenvalue weighted by Gasteiger charge is -2.21. The normalized spacial score (nSPS) is 11.5. The predicted molar refractivity (Wildman–Crippen MR) is 131 cm³/mol. The smallest absolute Gasteiger partial charge is 0.349 e. The average Bonchev–Trinajstić information content (AvgIpc) is 3.28. The Morgan fingerprint density at radius 2 is 2.03 bits per heavy atom. The summed E-state index contributed by atoms with van der Waals surface area (Å²) in [4.78, 5) is 30.5. The molecule has 0 saturated heterocycles. The second kappa shape index (κ2) is 10.6. The molecule has 0 radical (unpaired) electrons. The minimum absolute atomic E-state index is 0.0302. The van der Waals surface area contributed by atoms with Crippen LogP contribution < -0.4 is 26.2 Å². The number of nitrogens with one attached hydrogen (secondary N) is 3. The molecule has 0 spiro atoms. The van der Waals surface area contributed by atoms with Crippen molar-refractivity contribution >= 4 is 17.5 Å². The third-order valence-corrected chi connectivity index (χ3v) is 5.22. The lowest BCUT2D eigenvalue weighted by molar-refractivity contribution is -0.139. The second-order valence-corrected chi connectivity index (χ2v) is 7.69. The van der Waals surface area contributed by atoms with E-state index in [1.165, 1.54) is 25.4 Å². The molecule has 0 amide bonds. The van der Waals surface area contributed by atoms with Crippen LogP contribution in [0, 0.1) is 11.2 Å². The van der Waals surface area contributed by atoms with E-state index in [4.69, 9.17) is 25.7 Å². The number of aliphatic carboxylic acids is 1. The highest BCUT2D eigenvalue weighted by Gasteiger charge is 2.27. The number of carboxylic acids is 1. The van der Waals surface area contributed by atoms with Crippen molar-refractivity contribution in [1.29, 1.82) is 5.41 Å². The third-order valence-electron chi connectivity index (χ3n) is 5.22. The van der Waals surface area contributed by atoms with E-state index in [9.17, 15) is 9.59 Å². The molecule has 2 aromatic carbocycles. The molecule has 0 aliphatic heterocycles. The van der Waals surface area contributed by atoms with Gasteiger partial charge >= 0.3 is 11.7 Å². The van der Waals surface area contributed by atoms with Gasteiger partial charge in [-0.25, -0.2) is 19.0 Å². The number of hydrogen-bond acceptors (Lipinski definition) is 8. The molecule has 0 unspecified atom stereocenters. The van der Waals surface area contributed by atoms with Crippen LogP contribution in [0.25, 0.3) is 5.82 Å². The Balaban J connectivity index is 1.84. The van der Waals surface area contributed by atoms with Gasteiger partial charge in [0.25, 0.3) is 0 Å². The van der Waals surface area contributed by atoms with Crippen LogP contribution in [0.15, 0.2) is 65.6 Å². The molecule has 0 saturated carbocycles. The van der Waals surface area contributed by atoms with E-state index >= 15 is 4.39 Å². The quantitative estimate of drug-likeness (QED) is 0.158. The maximum absolute atomic E-state index is 15.7. The first-order valence-corrected chi connectivity index (χ1v) is 10.8. The second-order valence-electron chi connectivity index (χ2n) is 7.69. The van der Waals surface area contributed by atoms with E-state index in [0.717, 1.165) is 4.68 Å². The fourth-order valence-electron chi connectivity index (χ4n) is 3.48. The van der Waals surface area contributed by atoms with E-state index in [2.05, 4.69) is 20.4 Å². The first-order valence-electron chi connectivity index (χ1n) is 10.8. The predicted octanol–water partition coefficient (Wildman–Crippen LogP) is 2.05. The molecule has 12 nitrogen and oxygen atoms in total. The highest BCUT2D eigenvalue weighted by atomic mass is 19.1. The van der Waals surface area contributed by atoms with Crippen molar-refractivity contribution in [2.75, 3.05) is 19.0 Å². The molecule has 0 aliphatic rings. The highest BCUT2D eigenvalue weighted by Crippen LogP contribution is 2.35. The zero-order valence-corrected chi connectivity index (χ0v) is 19.4. The number of nitrogens with zero attached hydrogens (tertiary/aromatic N) is 3. The SMILES string of the molecule is COc1cc(OCC(=O)O)c(F)c([C@H](Nc2ccc(C(=N)N)cc2)c2nn(-c3ccccn3)c(=O)[nH]2)c1. The number of aromatic amines is 1. The van der Waals surface area contributed by atoms with E-state index in [-0.39, 0.29) is 34.5 Å². The van der Waals surface area contributed by atoms with Gasteiger partial charge in [0.15, 0.2) is 29.8 Å². The molecule has 0 bridgehead atoms. The number of anilines is 1. The Morgan fingerprint density at radius 1 is 1.27 bits per heavy atom. The van der Waals surface area contributed by atoms with Gasteiger partial charge in [0.1, 0.15) is 17.6 Å². The molecule has 6 N–H and O–H groups in total. The zero-order valence-electron chi connectivity index (χ0n) is 19.4. The number of pyridine rings is 1. The van der Waals surface area contributed by atoms with Gasteiger partial charge in [-0.3, -0.25) is 10.4 Å². The molecule has 190 valence electrons. The van der Waals surface area contributed by atoms with Crippen LogP contribution >= 0.6 is 0 Å². The Morgan fingerprint density at radius 3 is 2.65 bits per heavy atom. The summed E-state index contributed by atoms with van der Waals surface area (Å²) in [6, 6.07) is 12.9. The van der Waals surface area contributed by atoms with E-state index in [1.807, 2.05) is 0 Å². The van der Waals surface area contributed by atoms with Gasteiger partial charge in [0.2, 0.25) is 0 Å². The number of ether oxygens (including phenoxy) is 2. The van der Waals surface area contributed by atoms with Crippen molar-refractivity contribution in [3.05, 3.63) is 94.0 Å². The summed E-state index contributed by atoms with van der Waals surface area (Å²) in [6.45, 7) is -0.779. The van der Waals surface area contributed by atoms with Crippen molar-refractivity contribution in [2.24, 2.45) is 5.73 Å². The molecule has 0 aliphatic carbocycles. The van der Waals surface area contributed by atoms with Gasteiger partial charge in [-0.05, 0) is 42.5 Å². The summed E-state index contributed by atoms with van der Waals surface area (Å²) in [5, 5.41) is 24.0. The number of aromatic nitrogens is 4. The molecule has 4 rings (SSSR count). The summed E-state index contributed by atoms with van der Waals surface area (Å²) in [6.07, 6.45) is 1.50. The van der Waals surface area contributed by atoms with Crippen LogP contribution in [0.3, 0.4) is 0 Å². The summed E-state index contributed by atoms with van der Waals surface area (Å²) < 4.78 is 27.1. The summed E-state index contributed by atoms with van der Waals surface area (Å²) in [5.41, 5.74) is 5.83. The third kappa shape index (κ3) is 5.56. The largest absolute Gasteiger partial charge is 0.497 e. The Hall–Kier alpha value is -5.20. The fraction of sp³-hybridized carbons (Fsp3) is 0.125. The topological polar surface area (TPSA) is 181 Å². The molecule has 1 atom stereocenters. The van der Waals surface area contributed by atoms with E-state index in [0.29, 0.717) is 11.3 Å². The van der Waals surface area contributed by atoms with Crippen LogP contribution in [0.1, 0.15) is 23.0 Å². The molecular weight excluding hydrogens is 485 g/mol. The standard InChI is InChI=1S/C24H22FN7O5/c1-36-15-10-16(20(25)17(11-15)37-12-19(33)34)21(29-14-7-5-13(6-8-14)22(26)27)23-30-24(35)32(31-23)18-4-2-3-9-28-18/h2-11,21,29H,12H2,1H3,(H3,26,27)(H,33,34)(H,30,31,35)/t21-/m0/s1. The van der Waals surface area contributed by atoms with Crippen molar-refractivity contribution in [3.8, 4) is 17.3 Å². The van der Waals surface area contributed by atoms with Crippen LogP contribution in [-0.2, 0) is 4.79 Å². The average molecular weight is 507 g/mol. The number of carboxylic acid groups (broad SMARTS) is 1. The minimum Gasteiger partial charge on any atom is -0.497 e. The van der Waals surface area contributed by atoms with Gasteiger partial charge in [-0.1, -0.05) is 6.07 Å². The van der Waals surface area contributed by atoms with E-state index in [1.54, 1.807) is 42.5 Å². The lowest BCUT2D eigenvalue weighted by Crippen LogP contribution is -2.18. The molecule has 0 fully saturated rings. The Kier molecular flexibility index (Phi) is 7.14. The Bertz CT molecular complexity index is 1490.